The number of H-pyrrole nitrogens is 1. The van der Waals surface area contributed by atoms with Crippen LogP contribution in [0.4, 0.5) is 0 Å². The van der Waals surface area contributed by atoms with Crippen LogP contribution in [0.25, 0.3) is 22.0 Å². The van der Waals surface area contributed by atoms with E-state index in [-0.39, 0.29) is 0 Å². The molecule has 0 unspecified atom stereocenters. The molecule has 1 amide bonds. The van der Waals surface area contributed by atoms with Crippen molar-refractivity contribution < 1.29 is 23.8 Å². The van der Waals surface area contributed by atoms with Gasteiger partial charge in [-0.05, 0) is 61.4 Å². The molecule has 0 aliphatic carbocycles. The van der Waals surface area contributed by atoms with Crippen molar-refractivity contribution in [2.45, 2.75) is 13.8 Å². The van der Waals surface area contributed by atoms with E-state index in [0.29, 0.717) is 40.7 Å². The monoisotopic (exact) mass is 547 g/mol. The lowest BCUT2D eigenvalue weighted by atomic mass is 10.0. The molecule has 1 heterocycles. The van der Waals surface area contributed by atoms with Crippen LogP contribution < -0.4 is 19.6 Å². The van der Waals surface area contributed by atoms with E-state index in [9.17, 15) is 9.59 Å². The molecule has 2 N–H and O–H groups in total. The standard InChI is InChI=1S/C33H29N3O5/c1-4-40-28-19-22(16-17-26(28)41-33(38)24-13-8-10-21(2)18-24)20-34-36-32(37)31-29(23-11-6-5-7-12-23)25-14-9-15-27(39-3)30(25)35-31/h5-20,35H,4H2,1-3H3,(H,36,37). The molecule has 0 spiro atoms. The molecule has 5 rings (SSSR count). The Morgan fingerprint density at radius 3 is 2.46 bits per heavy atom. The molecule has 0 saturated carbocycles. The Labute approximate surface area is 237 Å². The lowest BCUT2D eigenvalue weighted by Crippen LogP contribution is -2.19. The van der Waals surface area contributed by atoms with E-state index in [0.717, 1.165) is 27.6 Å². The van der Waals surface area contributed by atoms with E-state index >= 15 is 0 Å². The van der Waals surface area contributed by atoms with Gasteiger partial charge in [0.15, 0.2) is 11.5 Å². The summed E-state index contributed by atoms with van der Waals surface area (Å²) in [6.45, 7) is 4.12. The van der Waals surface area contributed by atoms with Crippen LogP contribution >= 0.6 is 0 Å². The summed E-state index contributed by atoms with van der Waals surface area (Å²) in [5, 5.41) is 5.04. The molecular weight excluding hydrogens is 518 g/mol. The Balaban J connectivity index is 1.38. The molecular formula is C33H29N3O5. The first-order valence-corrected chi connectivity index (χ1v) is 13.1. The van der Waals surface area contributed by atoms with Gasteiger partial charge >= 0.3 is 5.97 Å². The number of hydrogen-bond donors (Lipinski definition) is 2. The smallest absolute Gasteiger partial charge is 0.343 e. The van der Waals surface area contributed by atoms with Gasteiger partial charge in [-0.25, -0.2) is 10.2 Å². The van der Waals surface area contributed by atoms with Gasteiger partial charge < -0.3 is 19.2 Å². The molecule has 8 nitrogen and oxygen atoms in total. The number of para-hydroxylation sites is 1. The molecule has 0 aliphatic rings. The summed E-state index contributed by atoms with van der Waals surface area (Å²) >= 11 is 0. The first-order chi connectivity index (χ1) is 20.0. The number of aryl methyl sites for hydroxylation is 1. The second kappa shape index (κ2) is 12.2. The summed E-state index contributed by atoms with van der Waals surface area (Å²) in [5.74, 6) is 0.422. The Bertz CT molecular complexity index is 1740. The zero-order chi connectivity index (χ0) is 28.8. The number of amides is 1. The van der Waals surface area contributed by atoms with E-state index in [1.54, 1.807) is 43.5 Å². The van der Waals surface area contributed by atoms with Crippen molar-refractivity contribution in [3.8, 4) is 28.4 Å². The first kappa shape index (κ1) is 27.2. The van der Waals surface area contributed by atoms with Crippen molar-refractivity contribution in [2.75, 3.05) is 13.7 Å². The number of hydrogen-bond acceptors (Lipinski definition) is 6. The Kier molecular flexibility index (Phi) is 8.10. The largest absolute Gasteiger partial charge is 0.495 e. The van der Waals surface area contributed by atoms with Crippen molar-refractivity contribution in [3.63, 3.8) is 0 Å². The normalized spacial score (nSPS) is 11.0. The Morgan fingerprint density at radius 1 is 0.902 bits per heavy atom. The van der Waals surface area contributed by atoms with Gasteiger partial charge in [-0.1, -0.05) is 60.2 Å². The highest BCUT2D eigenvalue weighted by Gasteiger charge is 2.21. The number of fused-ring (bicyclic) bond motifs is 1. The van der Waals surface area contributed by atoms with Crippen LogP contribution in [0.1, 0.15) is 38.9 Å². The van der Waals surface area contributed by atoms with Gasteiger partial charge in [-0.2, -0.15) is 5.10 Å². The fourth-order valence-electron chi connectivity index (χ4n) is 4.55. The molecule has 0 fully saturated rings. The molecule has 0 saturated heterocycles. The van der Waals surface area contributed by atoms with Crippen molar-refractivity contribution in [2.24, 2.45) is 5.10 Å². The predicted molar refractivity (Wildman–Crippen MR) is 159 cm³/mol. The maximum Gasteiger partial charge on any atom is 0.343 e. The molecule has 5 aromatic rings. The maximum absolute atomic E-state index is 13.3. The number of benzene rings is 4. The van der Waals surface area contributed by atoms with Crippen molar-refractivity contribution in [3.05, 3.63) is 113 Å². The number of carbonyl (C=O) groups is 2. The van der Waals surface area contributed by atoms with Gasteiger partial charge in [-0.15, -0.1) is 0 Å². The van der Waals surface area contributed by atoms with Gasteiger partial charge in [-0.3, -0.25) is 4.79 Å². The first-order valence-electron chi connectivity index (χ1n) is 13.1. The quantitative estimate of drug-likeness (QED) is 0.0945. The summed E-state index contributed by atoms with van der Waals surface area (Å²) in [6, 6.07) is 27.6. The molecule has 0 bridgehead atoms. The molecule has 0 atom stereocenters. The van der Waals surface area contributed by atoms with E-state index in [1.165, 1.54) is 6.21 Å². The Morgan fingerprint density at radius 2 is 1.71 bits per heavy atom. The second-order valence-electron chi connectivity index (χ2n) is 9.22. The van der Waals surface area contributed by atoms with Crippen LogP contribution in [-0.4, -0.2) is 36.8 Å². The lowest BCUT2D eigenvalue weighted by Gasteiger charge is -2.11. The van der Waals surface area contributed by atoms with Gasteiger partial charge in [0.2, 0.25) is 0 Å². The SMILES string of the molecule is CCOc1cc(C=NNC(=O)c2[nH]c3c(OC)cccc3c2-c2ccccc2)ccc1OC(=O)c1cccc(C)c1. The summed E-state index contributed by atoms with van der Waals surface area (Å²) in [4.78, 5) is 29.2. The van der Waals surface area contributed by atoms with Crippen LogP contribution in [0.3, 0.4) is 0 Å². The highest BCUT2D eigenvalue weighted by Crippen LogP contribution is 2.36. The fraction of sp³-hybridized carbons (Fsp3) is 0.121. The van der Waals surface area contributed by atoms with Crippen molar-refractivity contribution >= 4 is 29.0 Å². The number of rotatable bonds is 9. The number of carbonyl (C=O) groups excluding carboxylic acids is 2. The summed E-state index contributed by atoms with van der Waals surface area (Å²) in [7, 11) is 1.59. The van der Waals surface area contributed by atoms with Crippen molar-refractivity contribution in [1.82, 2.24) is 10.4 Å². The lowest BCUT2D eigenvalue weighted by molar-refractivity contribution is 0.0728. The molecule has 0 aliphatic heterocycles. The minimum absolute atomic E-state index is 0.291. The van der Waals surface area contributed by atoms with Crippen LogP contribution in [0.2, 0.25) is 0 Å². The topological polar surface area (TPSA) is 102 Å². The molecule has 1 aromatic heterocycles. The fourth-order valence-corrected chi connectivity index (χ4v) is 4.55. The van der Waals surface area contributed by atoms with Crippen molar-refractivity contribution in [1.29, 1.82) is 0 Å². The third-order valence-corrected chi connectivity index (χ3v) is 6.41. The van der Waals surface area contributed by atoms with Crippen LogP contribution in [0.5, 0.6) is 17.2 Å². The number of aromatic nitrogens is 1. The summed E-state index contributed by atoms with van der Waals surface area (Å²) in [5.41, 5.74) is 7.39. The predicted octanol–water partition coefficient (Wildman–Crippen LogP) is 6.53. The zero-order valence-corrected chi connectivity index (χ0v) is 22.9. The van der Waals surface area contributed by atoms with Crippen LogP contribution in [0.15, 0.2) is 96.1 Å². The number of nitrogens with zero attached hydrogens (tertiary/aromatic N) is 1. The summed E-state index contributed by atoms with van der Waals surface area (Å²) in [6.07, 6.45) is 1.50. The minimum atomic E-state index is -0.479. The van der Waals surface area contributed by atoms with Gasteiger partial charge in [0.1, 0.15) is 11.4 Å². The second-order valence-corrected chi connectivity index (χ2v) is 9.22. The number of methoxy groups -OCH3 is 1. The van der Waals surface area contributed by atoms with E-state index in [1.807, 2.05) is 68.4 Å². The Hall–Kier alpha value is -5.37. The van der Waals surface area contributed by atoms with Gasteiger partial charge in [0.05, 0.1) is 31.0 Å². The molecule has 4 aromatic carbocycles. The van der Waals surface area contributed by atoms with Gasteiger partial charge in [0.25, 0.3) is 5.91 Å². The van der Waals surface area contributed by atoms with E-state index in [4.69, 9.17) is 14.2 Å². The van der Waals surface area contributed by atoms with E-state index in [2.05, 4.69) is 15.5 Å². The highest BCUT2D eigenvalue weighted by atomic mass is 16.6. The van der Waals surface area contributed by atoms with Crippen LogP contribution in [0, 0.1) is 6.92 Å². The summed E-state index contributed by atoms with van der Waals surface area (Å²) < 4.78 is 16.8. The molecule has 8 heteroatoms. The average molecular weight is 548 g/mol. The van der Waals surface area contributed by atoms with Gasteiger partial charge in [0, 0.05) is 10.9 Å². The molecule has 206 valence electrons. The number of nitrogens with one attached hydrogen (secondary N) is 2. The third kappa shape index (κ3) is 5.96. The third-order valence-electron chi connectivity index (χ3n) is 6.41. The molecule has 41 heavy (non-hydrogen) atoms. The van der Waals surface area contributed by atoms with E-state index < -0.39 is 11.9 Å². The number of hydrazone groups is 1. The van der Waals surface area contributed by atoms with Crippen LogP contribution in [-0.2, 0) is 0 Å². The number of aromatic amines is 1. The molecule has 0 radical (unpaired) electrons. The zero-order valence-electron chi connectivity index (χ0n) is 22.9. The maximum atomic E-state index is 13.3. The minimum Gasteiger partial charge on any atom is -0.495 e. The number of ether oxygens (including phenoxy) is 3. The average Bonchev–Trinajstić information content (AvgIpc) is 3.39. The number of esters is 1. The highest BCUT2D eigenvalue weighted by molar-refractivity contribution is 6.11.